The highest BCUT2D eigenvalue weighted by Crippen LogP contribution is 2.36. The fraction of sp³-hybridized carbons (Fsp3) is 0.273. The number of carbonyl (C=O) groups excluding carboxylic acids is 1. The zero-order valence-corrected chi connectivity index (χ0v) is 15.4. The fourth-order valence-corrected chi connectivity index (χ4v) is 3.92. The van der Waals surface area contributed by atoms with Crippen LogP contribution < -0.4 is 9.47 Å². The van der Waals surface area contributed by atoms with Crippen LogP contribution in [0.15, 0.2) is 54.9 Å². The number of hydrogen-bond acceptors (Lipinski definition) is 4. The summed E-state index contributed by atoms with van der Waals surface area (Å²) in [5, 5.41) is 0. The van der Waals surface area contributed by atoms with E-state index in [1.807, 2.05) is 53.6 Å². The van der Waals surface area contributed by atoms with Crippen molar-refractivity contribution in [2.45, 2.75) is 18.8 Å². The largest absolute Gasteiger partial charge is 0.454 e. The molecule has 3 aromatic rings. The van der Waals surface area contributed by atoms with E-state index >= 15 is 0 Å². The molecule has 1 amide bonds. The van der Waals surface area contributed by atoms with Crippen LogP contribution in [0.2, 0.25) is 0 Å². The number of carbonyl (C=O) groups is 1. The number of ether oxygens (including phenoxy) is 2. The van der Waals surface area contributed by atoms with Crippen molar-refractivity contribution in [3.05, 3.63) is 66.2 Å². The Morgan fingerprint density at radius 1 is 1.00 bits per heavy atom. The van der Waals surface area contributed by atoms with Crippen LogP contribution in [-0.4, -0.2) is 40.7 Å². The second-order valence-electron chi connectivity index (χ2n) is 7.19. The van der Waals surface area contributed by atoms with Crippen molar-refractivity contribution in [2.75, 3.05) is 19.9 Å². The molecule has 0 unspecified atom stereocenters. The van der Waals surface area contributed by atoms with Crippen LogP contribution >= 0.6 is 0 Å². The van der Waals surface area contributed by atoms with E-state index in [0.717, 1.165) is 59.9 Å². The highest BCUT2D eigenvalue weighted by atomic mass is 16.7. The van der Waals surface area contributed by atoms with Crippen LogP contribution in [0.3, 0.4) is 0 Å². The lowest BCUT2D eigenvalue weighted by Crippen LogP contribution is -2.38. The van der Waals surface area contributed by atoms with E-state index in [2.05, 4.69) is 9.97 Å². The monoisotopic (exact) mass is 375 g/mol. The third-order valence-electron chi connectivity index (χ3n) is 5.53. The number of imidazole rings is 1. The molecule has 6 heteroatoms. The molecular formula is C22H21N3O3. The predicted octanol–water partition coefficient (Wildman–Crippen LogP) is 3.83. The first-order chi connectivity index (χ1) is 13.8. The quantitative estimate of drug-likeness (QED) is 0.756. The number of amides is 1. The molecule has 1 N–H and O–H groups in total. The maximum atomic E-state index is 12.9. The average Bonchev–Trinajstić information content (AvgIpc) is 3.45. The minimum atomic E-state index is 0.0927. The maximum Gasteiger partial charge on any atom is 0.253 e. The summed E-state index contributed by atoms with van der Waals surface area (Å²) in [6, 6.07) is 13.7. The molecule has 3 heterocycles. The van der Waals surface area contributed by atoms with Crippen LogP contribution in [0.4, 0.5) is 0 Å². The fourth-order valence-electron chi connectivity index (χ4n) is 3.92. The highest BCUT2D eigenvalue weighted by molar-refractivity contribution is 5.94. The first kappa shape index (κ1) is 16.9. The number of aromatic amines is 1. The van der Waals surface area contributed by atoms with Gasteiger partial charge in [0.2, 0.25) is 6.79 Å². The molecule has 0 bridgehead atoms. The topological polar surface area (TPSA) is 67.5 Å². The van der Waals surface area contributed by atoms with Crippen LogP contribution in [0.1, 0.15) is 34.9 Å². The Kier molecular flexibility index (Phi) is 4.24. The van der Waals surface area contributed by atoms with Gasteiger partial charge in [0.05, 0.1) is 0 Å². The van der Waals surface area contributed by atoms with E-state index in [1.165, 1.54) is 0 Å². The molecule has 1 fully saturated rings. The summed E-state index contributed by atoms with van der Waals surface area (Å²) >= 11 is 0. The van der Waals surface area contributed by atoms with Gasteiger partial charge in [0.1, 0.15) is 5.82 Å². The maximum absolute atomic E-state index is 12.9. The molecule has 6 nitrogen and oxygen atoms in total. The molecule has 5 rings (SSSR count). The number of rotatable bonds is 3. The van der Waals surface area contributed by atoms with Crippen molar-refractivity contribution in [1.82, 2.24) is 14.9 Å². The number of aromatic nitrogens is 2. The van der Waals surface area contributed by atoms with E-state index in [9.17, 15) is 4.79 Å². The number of benzene rings is 2. The van der Waals surface area contributed by atoms with Gasteiger partial charge in [-0.05, 0) is 48.2 Å². The Bertz CT molecular complexity index is 975. The number of nitrogens with one attached hydrogen (secondary N) is 1. The third kappa shape index (κ3) is 3.11. The second-order valence-corrected chi connectivity index (χ2v) is 7.19. The molecule has 1 saturated heterocycles. The number of nitrogens with zero attached hydrogens (tertiary/aromatic N) is 2. The van der Waals surface area contributed by atoms with Gasteiger partial charge in [-0.3, -0.25) is 4.79 Å². The summed E-state index contributed by atoms with van der Waals surface area (Å²) in [5.74, 6) is 3.06. The molecule has 2 aliphatic heterocycles. The molecule has 142 valence electrons. The number of fused-ring (bicyclic) bond motifs is 1. The lowest BCUT2D eigenvalue weighted by molar-refractivity contribution is 0.0711. The molecule has 0 aliphatic carbocycles. The van der Waals surface area contributed by atoms with E-state index in [1.54, 1.807) is 6.20 Å². The molecule has 0 radical (unpaired) electrons. The van der Waals surface area contributed by atoms with Gasteiger partial charge in [-0.25, -0.2) is 4.98 Å². The smallest absolute Gasteiger partial charge is 0.253 e. The summed E-state index contributed by atoms with van der Waals surface area (Å²) in [4.78, 5) is 22.3. The number of H-pyrrole nitrogens is 1. The summed E-state index contributed by atoms with van der Waals surface area (Å²) < 4.78 is 10.8. The Hall–Kier alpha value is -3.28. The zero-order chi connectivity index (χ0) is 18.9. The molecule has 0 spiro atoms. The Morgan fingerprint density at radius 2 is 1.75 bits per heavy atom. The van der Waals surface area contributed by atoms with Gasteiger partial charge in [-0.15, -0.1) is 0 Å². The second kappa shape index (κ2) is 7.03. The lowest BCUT2D eigenvalue weighted by atomic mass is 9.95. The van der Waals surface area contributed by atoms with Crippen LogP contribution in [0.5, 0.6) is 11.5 Å². The molecule has 0 atom stereocenters. The van der Waals surface area contributed by atoms with Gasteiger partial charge in [0.15, 0.2) is 11.5 Å². The Balaban J connectivity index is 1.26. The SMILES string of the molecule is O=C(c1ccc(-c2ccc3c(c2)OCO3)cc1)N1CCC(c2ncc[nH]2)CC1. The van der Waals surface area contributed by atoms with Crippen LogP contribution in [0.25, 0.3) is 11.1 Å². The molecule has 0 saturated carbocycles. The summed E-state index contributed by atoms with van der Waals surface area (Å²) in [7, 11) is 0. The lowest BCUT2D eigenvalue weighted by Gasteiger charge is -2.31. The normalized spacial score (nSPS) is 16.4. The molecular weight excluding hydrogens is 354 g/mol. The van der Waals surface area contributed by atoms with Crippen molar-refractivity contribution in [3.63, 3.8) is 0 Å². The van der Waals surface area contributed by atoms with Gasteiger partial charge in [-0.2, -0.15) is 0 Å². The van der Waals surface area contributed by atoms with Gasteiger partial charge < -0.3 is 19.4 Å². The molecule has 28 heavy (non-hydrogen) atoms. The van der Waals surface area contributed by atoms with Crippen molar-refractivity contribution < 1.29 is 14.3 Å². The van der Waals surface area contributed by atoms with E-state index in [-0.39, 0.29) is 12.7 Å². The van der Waals surface area contributed by atoms with Gasteiger partial charge in [0.25, 0.3) is 5.91 Å². The van der Waals surface area contributed by atoms with E-state index < -0.39 is 0 Å². The average molecular weight is 375 g/mol. The van der Waals surface area contributed by atoms with E-state index in [0.29, 0.717) is 5.92 Å². The van der Waals surface area contributed by atoms with Crippen molar-refractivity contribution in [2.24, 2.45) is 0 Å². The number of likely N-dealkylation sites (tertiary alicyclic amines) is 1. The van der Waals surface area contributed by atoms with Gasteiger partial charge in [0, 0.05) is 37.0 Å². The molecule has 2 aliphatic rings. The molecule has 1 aromatic heterocycles. The number of piperidine rings is 1. The zero-order valence-electron chi connectivity index (χ0n) is 15.4. The predicted molar refractivity (Wildman–Crippen MR) is 104 cm³/mol. The highest BCUT2D eigenvalue weighted by Gasteiger charge is 2.25. The Labute approximate surface area is 163 Å². The first-order valence-corrected chi connectivity index (χ1v) is 9.56. The Morgan fingerprint density at radius 3 is 2.50 bits per heavy atom. The third-order valence-corrected chi connectivity index (χ3v) is 5.53. The van der Waals surface area contributed by atoms with E-state index in [4.69, 9.17) is 9.47 Å². The van der Waals surface area contributed by atoms with Gasteiger partial charge in [-0.1, -0.05) is 18.2 Å². The summed E-state index contributed by atoms with van der Waals surface area (Å²) in [6.07, 6.45) is 5.52. The standard InChI is InChI=1S/C22H21N3O3/c26-22(25-11-7-16(8-12-25)21-23-9-10-24-21)17-3-1-15(2-4-17)18-5-6-19-20(13-18)28-14-27-19/h1-6,9-10,13,16H,7-8,11-12,14H2,(H,23,24). The minimum Gasteiger partial charge on any atom is -0.454 e. The van der Waals surface area contributed by atoms with Crippen molar-refractivity contribution in [1.29, 1.82) is 0 Å². The summed E-state index contributed by atoms with van der Waals surface area (Å²) in [6.45, 7) is 1.78. The number of hydrogen-bond donors (Lipinski definition) is 1. The summed E-state index contributed by atoms with van der Waals surface area (Å²) in [5.41, 5.74) is 2.81. The molecule has 2 aromatic carbocycles. The minimum absolute atomic E-state index is 0.0927. The first-order valence-electron chi connectivity index (χ1n) is 9.56. The van der Waals surface area contributed by atoms with Gasteiger partial charge >= 0.3 is 0 Å². The van der Waals surface area contributed by atoms with Crippen LogP contribution in [-0.2, 0) is 0 Å². The van der Waals surface area contributed by atoms with Crippen molar-refractivity contribution in [3.8, 4) is 22.6 Å². The van der Waals surface area contributed by atoms with Crippen molar-refractivity contribution >= 4 is 5.91 Å². The van der Waals surface area contributed by atoms with Crippen LogP contribution in [0, 0.1) is 0 Å².